The molecule has 1 aliphatic heterocycles. The summed E-state index contributed by atoms with van der Waals surface area (Å²) in [7, 11) is -4.58. The number of aromatic nitrogens is 2. The highest BCUT2D eigenvalue weighted by atomic mass is 32.2. The van der Waals surface area contributed by atoms with E-state index in [9.17, 15) is 49.1 Å². The zero-order valence-corrected chi connectivity index (χ0v) is 22.7. The summed E-state index contributed by atoms with van der Waals surface area (Å²) < 4.78 is 123. The summed E-state index contributed by atoms with van der Waals surface area (Å²) in [6, 6.07) is 4.16. The minimum absolute atomic E-state index is 0.0331. The van der Waals surface area contributed by atoms with Gasteiger partial charge in [-0.1, -0.05) is 12.1 Å². The number of benzene rings is 2. The van der Waals surface area contributed by atoms with Crippen molar-refractivity contribution in [2.45, 2.75) is 67.9 Å². The fourth-order valence-electron chi connectivity index (χ4n) is 4.76. The Bertz CT molecular complexity index is 1540. The van der Waals surface area contributed by atoms with Gasteiger partial charge in [-0.2, -0.15) is 26.3 Å². The maximum atomic E-state index is 13.7. The normalized spacial score (nSPS) is 16.3. The number of nitrogens with zero attached hydrogens (tertiary/aromatic N) is 3. The maximum absolute atomic E-state index is 13.7. The Morgan fingerprint density at radius 1 is 1.00 bits per heavy atom. The lowest BCUT2D eigenvalue weighted by molar-refractivity contribution is -0.376. The first kappa shape index (κ1) is 31.3. The van der Waals surface area contributed by atoms with Gasteiger partial charge in [-0.3, -0.25) is 19.1 Å². The number of fused-ring (bicyclic) bond motifs is 1. The van der Waals surface area contributed by atoms with E-state index in [1.54, 1.807) is 6.92 Å². The molecule has 3 aromatic rings. The molecule has 1 aliphatic rings. The lowest BCUT2D eigenvalue weighted by Crippen LogP contribution is -2.54. The topological polar surface area (TPSA) is 100 Å². The standard InChI is InChI=1S/C27H24F7N3O4S/c1-16-14-36-20(15-35-16)6-8-22(38)13-21-7-2-17-12-18(25(39,26(29,30)31)27(32,33)34)3-11-24(17)37(21)42(40,41)23-9-4-19(28)5-10-23/h3-5,9-12,14-15,21,39H,2,6-8,13H2,1H3/t21-/m0/s1. The Morgan fingerprint density at radius 3 is 2.21 bits per heavy atom. The number of aliphatic hydroxyl groups is 1. The van der Waals surface area contributed by atoms with E-state index in [4.69, 9.17) is 0 Å². The summed E-state index contributed by atoms with van der Waals surface area (Å²) in [6.07, 6.45) is -9.74. The molecule has 0 saturated heterocycles. The van der Waals surface area contributed by atoms with Gasteiger partial charge in [0.2, 0.25) is 0 Å². The van der Waals surface area contributed by atoms with Crippen molar-refractivity contribution in [3.8, 4) is 0 Å². The molecular weight excluding hydrogens is 595 g/mol. The van der Waals surface area contributed by atoms with Crippen LogP contribution in [0.2, 0.25) is 0 Å². The average Bonchev–Trinajstić information content (AvgIpc) is 2.90. The zero-order chi connectivity index (χ0) is 31.1. The smallest absolute Gasteiger partial charge is 0.369 e. The van der Waals surface area contributed by atoms with Crippen molar-refractivity contribution in [1.29, 1.82) is 0 Å². The van der Waals surface area contributed by atoms with Crippen LogP contribution in [0.4, 0.5) is 36.4 Å². The van der Waals surface area contributed by atoms with Gasteiger partial charge in [0.15, 0.2) is 0 Å². The Morgan fingerprint density at radius 2 is 1.64 bits per heavy atom. The molecule has 0 radical (unpaired) electrons. The van der Waals surface area contributed by atoms with Gasteiger partial charge in [0.05, 0.1) is 28.0 Å². The number of ketones is 1. The van der Waals surface area contributed by atoms with Crippen molar-refractivity contribution >= 4 is 21.5 Å². The van der Waals surface area contributed by atoms with E-state index >= 15 is 0 Å². The Kier molecular flexibility index (Phi) is 8.39. The predicted octanol–water partition coefficient (Wildman–Crippen LogP) is 5.34. The molecule has 0 bridgehead atoms. The number of rotatable bonds is 8. The first-order valence-corrected chi connectivity index (χ1v) is 14.0. The minimum Gasteiger partial charge on any atom is -0.369 e. The summed E-state index contributed by atoms with van der Waals surface area (Å²) in [5, 5.41) is 9.85. The van der Waals surface area contributed by atoms with E-state index in [1.165, 1.54) is 12.4 Å². The van der Waals surface area contributed by atoms with Crippen molar-refractivity contribution in [3.63, 3.8) is 0 Å². The average molecular weight is 620 g/mol. The third kappa shape index (κ3) is 5.98. The maximum Gasteiger partial charge on any atom is 0.430 e. The summed E-state index contributed by atoms with van der Waals surface area (Å²) in [5.74, 6) is -1.12. The summed E-state index contributed by atoms with van der Waals surface area (Å²) in [5.41, 5.74) is -6.03. The highest BCUT2D eigenvalue weighted by Crippen LogP contribution is 2.51. The van der Waals surface area contributed by atoms with Crippen LogP contribution in [0.15, 0.2) is 59.8 Å². The number of anilines is 1. The second-order valence-electron chi connectivity index (χ2n) is 9.89. The molecule has 7 nitrogen and oxygen atoms in total. The number of sulfonamides is 1. The van der Waals surface area contributed by atoms with Crippen LogP contribution in [0.1, 0.15) is 41.8 Å². The fourth-order valence-corrected chi connectivity index (χ4v) is 6.48. The monoisotopic (exact) mass is 619 g/mol. The van der Waals surface area contributed by atoms with Gasteiger partial charge in [0.1, 0.15) is 11.6 Å². The molecule has 4 rings (SSSR count). The summed E-state index contributed by atoms with van der Waals surface area (Å²) >= 11 is 0. The molecule has 15 heteroatoms. The van der Waals surface area contributed by atoms with E-state index in [0.29, 0.717) is 23.5 Å². The van der Waals surface area contributed by atoms with E-state index in [2.05, 4.69) is 9.97 Å². The van der Waals surface area contributed by atoms with Crippen LogP contribution < -0.4 is 4.31 Å². The summed E-state index contributed by atoms with van der Waals surface area (Å²) in [6.45, 7) is 1.73. The first-order valence-electron chi connectivity index (χ1n) is 12.5. The van der Waals surface area contributed by atoms with Crippen LogP contribution in [0, 0.1) is 12.7 Å². The number of Topliss-reactive ketones (excluding diaryl/α,β-unsaturated/α-hetero) is 1. The highest BCUT2D eigenvalue weighted by molar-refractivity contribution is 7.92. The van der Waals surface area contributed by atoms with Gasteiger partial charge in [-0.05, 0) is 62.1 Å². The van der Waals surface area contributed by atoms with Crippen molar-refractivity contribution in [3.05, 3.63) is 83.2 Å². The van der Waals surface area contributed by atoms with Crippen LogP contribution in [0.5, 0.6) is 0 Å². The predicted molar refractivity (Wildman–Crippen MR) is 135 cm³/mol. The second-order valence-corrected chi connectivity index (χ2v) is 11.7. The number of hydrogen-bond donors (Lipinski definition) is 1. The fraction of sp³-hybridized carbons (Fsp3) is 0.370. The molecule has 0 saturated carbocycles. The SMILES string of the molecule is Cc1cnc(CCC(=O)C[C@@H]2CCc3cc(C(O)(C(F)(F)F)C(F)(F)F)ccc3N2S(=O)(=O)c2ccc(F)cc2)cn1. The number of hydrogen-bond acceptors (Lipinski definition) is 6. The van der Waals surface area contributed by atoms with E-state index in [1.807, 2.05) is 0 Å². The molecule has 0 unspecified atom stereocenters. The molecule has 226 valence electrons. The Hall–Kier alpha value is -3.59. The number of alkyl halides is 6. The number of carbonyl (C=O) groups is 1. The molecule has 2 aromatic carbocycles. The van der Waals surface area contributed by atoms with Crippen LogP contribution in [0.25, 0.3) is 0 Å². The molecule has 1 aromatic heterocycles. The van der Waals surface area contributed by atoms with Gasteiger partial charge in [-0.25, -0.2) is 12.8 Å². The van der Waals surface area contributed by atoms with Crippen molar-refractivity contribution < 1.29 is 49.1 Å². The lowest BCUT2D eigenvalue weighted by Gasteiger charge is -2.39. The van der Waals surface area contributed by atoms with Crippen LogP contribution in [-0.4, -0.2) is 47.7 Å². The Balaban J connectivity index is 1.73. The molecule has 0 fully saturated rings. The van der Waals surface area contributed by atoms with Gasteiger partial charge < -0.3 is 5.11 Å². The molecule has 0 aliphatic carbocycles. The van der Waals surface area contributed by atoms with Crippen molar-refractivity contribution in [1.82, 2.24) is 9.97 Å². The number of aryl methyl sites for hydroxylation is 3. The van der Waals surface area contributed by atoms with E-state index < -0.39 is 50.3 Å². The number of halogens is 7. The van der Waals surface area contributed by atoms with Gasteiger partial charge in [0.25, 0.3) is 15.6 Å². The summed E-state index contributed by atoms with van der Waals surface area (Å²) in [4.78, 5) is 20.8. The van der Waals surface area contributed by atoms with E-state index in [-0.39, 0.29) is 49.1 Å². The van der Waals surface area contributed by atoms with Crippen molar-refractivity contribution in [2.24, 2.45) is 0 Å². The zero-order valence-electron chi connectivity index (χ0n) is 21.9. The first-order chi connectivity index (χ1) is 19.4. The molecule has 1 atom stereocenters. The minimum atomic E-state index is -6.13. The van der Waals surface area contributed by atoms with Gasteiger partial charge >= 0.3 is 12.4 Å². The van der Waals surface area contributed by atoms with E-state index in [0.717, 1.165) is 34.6 Å². The second kappa shape index (κ2) is 11.2. The van der Waals surface area contributed by atoms with Crippen LogP contribution in [0.3, 0.4) is 0 Å². The van der Waals surface area contributed by atoms with Gasteiger partial charge in [-0.15, -0.1) is 0 Å². The quantitative estimate of drug-likeness (QED) is 0.342. The third-order valence-electron chi connectivity index (χ3n) is 6.96. The molecule has 1 N–H and O–H groups in total. The molecule has 0 amide bonds. The van der Waals surface area contributed by atoms with Crippen LogP contribution >= 0.6 is 0 Å². The molecule has 0 spiro atoms. The third-order valence-corrected chi connectivity index (χ3v) is 8.84. The highest BCUT2D eigenvalue weighted by Gasteiger charge is 2.71. The molecule has 2 heterocycles. The molecular formula is C27H24F7N3O4S. The Labute approximate surface area is 236 Å². The lowest BCUT2D eigenvalue weighted by atomic mass is 9.87. The van der Waals surface area contributed by atoms with Gasteiger partial charge in [0, 0.05) is 30.8 Å². The van der Waals surface area contributed by atoms with Crippen LogP contribution in [-0.2, 0) is 33.3 Å². The largest absolute Gasteiger partial charge is 0.430 e. The molecule has 42 heavy (non-hydrogen) atoms. The van der Waals surface area contributed by atoms with Crippen molar-refractivity contribution in [2.75, 3.05) is 4.31 Å². The number of carbonyl (C=O) groups excluding carboxylic acids is 1.